The molecule has 7 heteroatoms. The Labute approximate surface area is 170 Å². The molecule has 2 aliphatic heterocycles. The van der Waals surface area contributed by atoms with Crippen molar-refractivity contribution < 1.29 is 9.13 Å². The Hall–Kier alpha value is -1.76. The van der Waals surface area contributed by atoms with Crippen molar-refractivity contribution >= 4 is 17.4 Å². The van der Waals surface area contributed by atoms with Crippen LogP contribution in [-0.4, -0.2) is 54.0 Å². The lowest BCUT2D eigenvalue weighted by Gasteiger charge is -2.35. The highest BCUT2D eigenvalue weighted by Gasteiger charge is 2.23. The molecular formula is C21H26ClFN4O. The Morgan fingerprint density at radius 1 is 1.14 bits per heavy atom. The molecule has 3 heterocycles. The molecule has 28 heavy (non-hydrogen) atoms. The van der Waals surface area contributed by atoms with Crippen LogP contribution in [-0.2, 0) is 4.74 Å². The zero-order valence-electron chi connectivity index (χ0n) is 15.9. The van der Waals surface area contributed by atoms with Gasteiger partial charge < -0.3 is 15.0 Å². The van der Waals surface area contributed by atoms with Gasteiger partial charge in [-0.25, -0.2) is 4.39 Å². The van der Waals surface area contributed by atoms with Crippen LogP contribution >= 0.6 is 11.6 Å². The summed E-state index contributed by atoms with van der Waals surface area (Å²) in [6.07, 6.45) is 4.66. The van der Waals surface area contributed by atoms with Crippen LogP contribution in [0.25, 0.3) is 11.3 Å². The monoisotopic (exact) mass is 404 g/mol. The predicted molar refractivity (Wildman–Crippen MR) is 109 cm³/mol. The first kappa shape index (κ1) is 19.6. The minimum atomic E-state index is -0.338. The highest BCUT2D eigenvalue weighted by atomic mass is 35.5. The normalized spacial score (nSPS) is 21.6. The molecule has 0 spiro atoms. The molecule has 1 unspecified atom stereocenters. The number of aromatic nitrogens is 2. The van der Waals surface area contributed by atoms with Crippen LogP contribution in [0.3, 0.4) is 0 Å². The van der Waals surface area contributed by atoms with E-state index in [0.29, 0.717) is 28.2 Å². The molecule has 0 radical (unpaired) electrons. The van der Waals surface area contributed by atoms with E-state index < -0.39 is 0 Å². The molecule has 2 aromatic rings. The number of nitrogens with one attached hydrogen (secondary N) is 1. The van der Waals surface area contributed by atoms with Gasteiger partial charge in [0.25, 0.3) is 0 Å². The maximum atomic E-state index is 13.5. The summed E-state index contributed by atoms with van der Waals surface area (Å²) >= 11 is 6.15. The van der Waals surface area contributed by atoms with E-state index in [4.69, 9.17) is 16.3 Å². The van der Waals surface area contributed by atoms with Crippen LogP contribution in [0, 0.1) is 11.7 Å². The van der Waals surface area contributed by atoms with Crippen molar-refractivity contribution in [2.45, 2.75) is 31.7 Å². The molecule has 150 valence electrons. The molecule has 2 fully saturated rings. The highest BCUT2D eigenvalue weighted by molar-refractivity contribution is 6.33. The summed E-state index contributed by atoms with van der Waals surface area (Å²) < 4.78 is 19.1. The quantitative estimate of drug-likeness (QED) is 0.807. The van der Waals surface area contributed by atoms with Crippen molar-refractivity contribution in [2.75, 3.05) is 38.2 Å². The number of halogens is 2. The Bertz CT molecular complexity index is 774. The van der Waals surface area contributed by atoms with Gasteiger partial charge in [-0.3, -0.25) is 0 Å². The van der Waals surface area contributed by atoms with E-state index in [-0.39, 0.29) is 5.82 Å². The Morgan fingerprint density at radius 2 is 2.00 bits per heavy atom. The summed E-state index contributed by atoms with van der Waals surface area (Å²) in [6.45, 7) is 5.18. The van der Waals surface area contributed by atoms with Crippen molar-refractivity contribution in [3.63, 3.8) is 0 Å². The third-order valence-corrected chi connectivity index (χ3v) is 5.91. The van der Waals surface area contributed by atoms with Crippen LogP contribution in [0.5, 0.6) is 0 Å². The average molecular weight is 405 g/mol. The van der Waals surface area contributed by atoms with E-state index >= 15 is 0 Å². The predicted octanol–water partition coefficient (Wildman–Crippen LogP) is 4.24. The highest BCUT2D eigenvalue weighted by Crippen LogP contribution is 2.27. The fraction of sp³-hybridized carbons (Fsp3) is 0.524. The van der Waals surface area contributed by atoms with Crippen molar-refractivity contribution in [1.82, 2.24) is 15.1 Å². The molecule has 4 rings (SSSR count). The van der Waals surface area contributed by atoms with Crippen molar-refractivity contribution in [3.05, 3.63) is 41.2 Å². The van der Waals surface area contributed by atoms with Gasteiger partial charge in [0.1, 0.15) is 11.6 Å². The van der Waals surface area contributed by atoms with Crippen LogP contribution in [0.4, 0.5) is 10.2 Å². The van der Waals surface area contributed by atoms with Crippen molar-refractivity contribution in [3.8, 4) is 11.3 Å². The molecule has 1 atom stereocenters. The SMILES string of the molecule is Fc1ccc(Cl)c(-c2ccc(NC3CCN(CC4CCCOC4)CC3)nn2)c1. The lowest BCUT2D eigenvalue weighted by molar-refractivity contribution is 0.0351. The van der Waals surface area contributed by atoms with Gasteiger partial charge >= 0.3 is 0 Å². The third-order valence-electron chi connectivity index (χ3n) is 5.58. The molecule has 0 aliphatic carbocycles. The first-order valence-electron chi connectivity index (χ1n) is 10.0. The number of rotatable bonds is 5. The number of benzene rings is 1. The second-order valence-corrected chi connectivity index (χ2v) is 8.14. The molecule has 0 bridgehead atoms. The van der Waals surface area contributed by atoms with Gasteiger partial charge in [0.15, 0.2) is 0 Å². The van der Waals surface area contributed by atoms with Gasteiger partial charge in [0.05, 0.1) is 17.3 Å². The van der Waals surface area contributed by atoms with Crippen LogP contribution in [0.2, 0.25) is 5.02 Å². The lowest BCUT2D eigenvalue weighted by atomic mass is 9.99. The number of piperidine rings is 1. The van der Waals surface area contributed by atoms with Crippen LogP contribution in [0.15, 0.2) is 30.3 Å². The molecule has 2 saturated heterocycles. The van der Waals surface area contributed by atoms with Gasteiger partial charge in [-0.05, 0) is 61.9 Å². The zero-order chi connectivity index (χ0) is 19.3. The molecule has 0 saturated carbocycles. The minimum absolute atomic E-state index is 0.338. The molecule has 2 aliphatic rings. The van der Waals surface area contributed by atoms with Gasteiger partial charge in [-0.15, -0.1) is 10.2 Å². The standard InChI is InChI=1S/C21H26ClFN4O/c22-19-4-3-16(23)12-18(19)20-5-6-21(26-25-20)24-17-7-9-27(10-8-17)13-15-2-1-11-28-14-15/h3-6,12,15,17H,1-2,7-11,13-14H2,(H,24,26). The summed E-state index contributed by atoms with van der Waals surface area (Å²) in [6, 6.07) is 8.36. The number of anilines is 1. The van der Waals surface area contributed by atoms with E-state index in [2.05, 4.69) is 20.4 Å². The number of likely N-dealkylation sites (tertiary alicyclic amines) is 1. The molecule has 0 amide bonds. The van der Waals surface area contributed by atoms with Crippen LogP contribution < -0.4 is 5.32 Å². The fourth-order valence-corrected chi connectivity index (χ4v) is 4.25. The summed E-state index contributed by atoms with van der Waals surface area (Å²) in [4.78, 5) is 2.55. The van der Waals surface area contributed by atoms with Gasteiger partial charge in [0, 0.05) is 37.8 Å². The molecular weight excluding hydrogens is 379 g/mol. The van der Waals surface area contributed by atoms with Gasteiger partial charge in [-0.1, -0.05) is 11.6 Å². The summed E-state index contributed by atoms with van der Waals surface area (Å²) in [5, 5.41) is 12.4. The van der Waals surface area contributed by atoms with Crippen molar-refractivity contribution in [1.29, 1.82) is 0 Å². The molecule has 1 aromatic carbocycles. The van der Waals surface area contributed by atoms with E-state index in [0.717, 1.165) is 51.5 Å². The van der Waals surface area contributed by atoms with Crippen LogP contribution in [0.1, 0.15) is 25.7 Å². The first-order chi connectivity index (χ1) is 13.7. The number of hydrogen-bond acceptors (Lipinski definition) is 5. The van der Waals surface area contributed by atoms with E-state index in [1.165, 1.54) is 31.0 Å². The Kier molecular flexibility index (Phi) is 6.40. The van der Waals surface area contributed by atoms with Gasteiger partial charge in [0.2, 0.25) is 0 Å². The number of ether oxygens (including phenoxy) is 1. The molecule has 1 aromatic heterocycles. The number of hydrogen-bond donors (Lipinski definition) is 1. The van der Waals surface area contributed by atoms with E-state index in [9.17, 15) is 4.39 Å². The second kappa shape index (κ2) is 9.16. The Balaban J connectivity index is 1.29. The molecule has 1 N–H and O–H groups in total. The second-order valence-electron chi connectivity index (χ2n) is 7.73. The van der Waals surface area contributed by atoms with E-state index in [1.54, 1.807) is 0 Å². The smallest absolute Gasteiger partial charge is 0.148 e. The molecule has 5 nitrogen and oxygen atoms in total. The largest absolute Gasteiger partial charge is 0.381 e. The zero-order valence-corrected chi connectivity index (χ0v) is 16.7. The van der Waals surface area contributed by atoms with E-state index in [1.807, 2.05) is 12.1 Å². The topological polar surface area (TPSA) is 50.3 Å². The minimum Gasteiger partial charge on any atom is -0.381 e. The van der Waals surface area contributed by atoms with Crippen molar-refractivity contribution in [2.24, 2.45) is 5.92 Å². The summed E-state index contributed by atoms with van der Waals surface area (Å²) in [5.41, 5.74) is 1.13. The Morgan fingerprint density at radius 3 is 2.71 bits per heavy atom. The summed E-state index contributed by atoms with van der Waals surface area (Å²) in [5.74, 6) is 1.09. The fourth-order valence-electron chi connectivity index (χ4n) is 4.03. The first-order valence-corrected chi connectivity index (χ1v) is 10.4. The maximum absolute atomic E-state index is 13.5. The third kappa shape index (κ3) is 4.99. The lowest BCUT2D eigenvalue weighted by Crippen LogP contribution is -2.42. The number of nitrogens with zero attached hydrogens (tertiary/aromatic N) is 3. The maximum Gasteiger partial charge on any atom is 0.148 e. The van der Waals surface area contributed by atoms with Gasteiger partial charge in [-0.2, -0.15) is 0 Å². The average Bonchev–Trinajstić information content (AvgIpc) is 2.73. The summed E-state index contributed by atoms with van der Waals surface area (Å²) in [7, 11) is 0.